The van der Waals surface area contributed by atoms with Crippen LogP contribution in [0.25, 0.3) is 11.2 Å². The molecule has 2 saturated heterocycles. The number of fused-ring (bicyclic) bond motifs is 1. The Morgan fingerprint density at radius 3 is 2.50 bits per heavy atom. The Morgan fingerprint density at radius 1 is 1.02 bits per heavy atom. The number of carbonyl (C=O) groups is 2. The summed E-state index contributed by atoms with van der Waals surface area (Å²) >= 11 is 0. The highest BCUT2D eigenvalue weighted by atomic mass is 16.6. The summed E-state index contributed by atoms with van der Waals surface area (Å²) in [7, 11) is 0. The van der Waals surface area contributed by atoms with E-state index in [4.69, 9.17) is 9.72 Å². The molecule has 2 N–H and O–H groups in total. The first-order valence-corrected chi connectivity index (χ1v) is 14.4. The van der Waals surface area contributed by atoms with Crippen LogP contribution in [-0.4, -0.2) is 82.3 Å². The van der Waals surface area contributed by atoms with E-state index in [0.29, 0.717) is 36.6 Å². The molecule has 3 aliphatic rings. The summed E-state index contributed by atoms with van der Waals surface area (Å²) < 4.78 is 6.89. The number of benzene rings is 1. The molecule has 210 valence electrons. The molecule has 3 aliphatic heterocycles. The first-order valence-electron chi connectivity index (χ1n) is 14.4. The van der Waals surface area contributed by atoms with Crippen molar-refractivity contribution in [1.29, 1.82) is 0 Å². The number of anilines is 2. The van der Waals surface area contributed by atoms with Gasteiger partial charge >= 0.3 is 6.09 Å². The van der Waals surface area contributed by atoms with Crippen molar-refractivity contribution in [2.45, 2.75) is 39.0 Å². The highest BCUT2D eigenvalue weighted by Crippen LogP contribution is 2.39. The van der Waals surface area contributed by atoms with E-state index in [1.807, 2.05) is 54.4 Å². The van der Waals surface area contributed by atoms with Gasteiger partial charge in [-0.1, -0.05) is 6.08 Å². The lowest BCUT2D eigenvalue weighted by Gasteiger charge is -2.44. The zero-order valence-electron chi connectivity index (χ0n) is 23.1. The van der Waals surface area contributed by atoms with Gasteiger partial charge in [0.25, 0.3) is 5.91 Å². The van der Waals surface area contributed by atoms with Crippen LogP contribution in [-0.2, 0) is 4.74 Å². The van der Waals surface area contributed by atoms with Crippen molar-refractivity contribution in [3.05, 3.63) is 59.8 Å². The van der Waals surface area contributed by atoms with Crippen LogP contribution in [0.1, 0.15) is 54.9 Å². The van der Waals surface area contributed by atoms with Crippen LogP contribution in [0.15, 0.2) is 48.7 Å². The van der Waals surface area contributed by atoms with Gasteiger partial charge in [0.1, 0.15) is 0 Å². The number of rotatable bonds is 5. The first kappa shape index (κ1) is 26.3. The van der Waals surface area contributed by atoms with Crippen LogP contribution in [0.5, 0.6) is 0 Å². The zero-order valence-corrected chi connectivity index (χ0v) is 23.1. The number of ether oxygens (including phenoxy) is 1. The molecule has 0 unspecified atom stereocenters. The molecule has 1 spiro atoms. The van der Waals surface area contributed by atoms with Crippen molar-refractivity contribution in [2.24, 2.45) is 5.41 Å². The Hall–Kier alpha value is -3.92. The highest BCUT2D eigenvalue weighted by Gasteiger charge is 2.36. The van der Waals surface area contributed by atoms with Gasteiger partial charge in [-0.15, -0.1) is 5.10 Å². The normalized spacial score (nSPS) is 19.0. The highest BCUT2D eigenvalue weighted by molar-refractivity contribution is 5.94. The van der Waals surface area contributed by atoms with Crippen LogP contribution < -0.4 is 10.6 Å². The fraction of sp³-hybridized carbons (Fsp3) is 0.467. The second-order valence-corrected chi connectivity index (χ2v) is 11.0. The predicted molar refractivity (Wildman–Crippen MR) is 154 cm³/mol. The molecular weight excluding hydrogens is 506 g/mol. The van der Waals surface area contributed by atoms with Crippen molar-refractivity contribution >= 4 is 34.9 Å². The molecule has 0 bridgehead atoms. The monoisotopic (exact) mass is 543 g/mol. The van der Waals surface area contributed by atoms with Crippen molar-refractivity contribution in [3.8, 4) is 0 Å². The molecule has 2 aromatic heterocycles. The van der Waals surface area contributed by atoms with E-state index in [9.17, 15) is 9.59 Å². The molecule has 2 fully saturated rings. The van der Waals surface area contributed by atoms with Crippen molar-refractivity contribution in [3.63, 3.8) is 0 Å². The standard InChI is InChI=1S/C30H37N7O3/c1-2-40-29(39)36-18-9-22(10-19-36)25-4-3-17-37-26(25)33-28(34-37)32-24-7-5-23(6-8-24)27(38)35-20-13-30(14-21-35)11-15-31-16-12-30/h3-9,17,31H,2,10-16,18-21H2,1H3,(H,32,34). The summed E-state index contributed by atoms with van der Waals surface area (Å²) in [5.41, 5.74) is 4.84. The summed E-state index contributed by atoms with van der Waals surface area (Å²) in [5.74, 6) is 0.590. The molecule has 0 aliphatic carbocycles. The third kappa shape index (κ3) is 5.40. The second kappa shape index (κ2) is 11.3. The Labute approximate surface area is 234 Å². The van der Waals surface area contributed by atoms with E-state index in [1.54, 1.807) is 9.42 Å². The van der Waals surface area contributed by atoms with Crippen molar-refractivity contribution < 1.29 is 14.3 Å². The fourth-order valence-corrected chi connectivity index (χ4v) is 6.15. The number of likely N-dealkylation sites (tertiary alicyclic amines) is 1. The number of nitrogens with zero attached hydrogens (tertiary/aromatic N) is 5. The number of amides is 2. The van der Waals surface area contributed by atoms with Gasteiger partial charge in [-0.2, -0.15) is 4.98 Å². The summed E-state index contributed by atoms with van der Waals surface area (Å²) in [6.07, 6.45) is 9.02. The maximum atomic E-state index is 13.2. The summed E-state index contributed by atoms with van der Waals surface area (Å²) in [6.45, 7) is 7.16. The minimum Gasteiger partial charge on any atom is -0.450 e. The molecule has 6 rings (SSSR count). The summed E-state index contributed by atoms with van der Waals surface area (Å²) in [6, 6.07) is 11.6. The van der Waals surface area contributed by atoms with Crippen LogP contribution >= 0.6 is 0 Å². The Kier molecular flexibility index (Phi) is 7.42. The summed E-state index contributed by atoms with van der Waals surface area (Å²) in [4.78, 5) is 33.7. The lowest BCUT2D eigenvalue weighted by molar-refractivity contribution is 0.0495. The van der Waals surface area contributed by atoms with E-state index in [0.717, 1.165) is 67.9 Å². The van der Waals surface area contributed by atoms with Crippen molar-refractivity contribution in [2.75, 3.05) is 51.2 Å². The lowest BCUT2D eigenvalue weighted by Crippen LogP contribution is -2.47. The van der Waals surface area contributed by atoms with Crippen LogP contribution in [0.2, 0.25) is 0 Å². The molecule has 0 radical (unpaired) electrons. The van der Waals surface area contributed by atoms with Gasteiger partial charge in [0.05, 0.1) is 6.61 Å². The smallest absolute Gasteiger partial charge is 0.410 e. The summed E-state index contributed by atoms with van der Waals surface area (Å²) in [5, 5.41) is 11.3. The van der Waals surface area contributed by atoms with Crippen LogP contribution in [0.3, 0.4) is 0 Å². The van der Waals surface area contributed by atoms with Crippen molar-refractivity contribution in [1.82, 2.24) is 29.7 Å². The fourth-order valence-electron chi connectivity index (χ4n) is 6.15. The largest absolute Gasteiger partial charge is 0.450 e. The molecule has 0 atom stereocenters. The van der Waals surface area contributed by atoms with E-state index >= 15 is 0 Å². The number of carbonyl (C=O) groups excluding carboxylic acids is 2. The van der Waals surface area contributed by atoms with Gasteiger partial charge in [-0.25, -0.2) is 9.31 Å². The minimum atomic E-state index is -0.278. The van der Waals surface area contributed by atoms with Gasteiger partial charge in [-0.05, 0) is 99.5 Å². The molecule has 5 heterocycles. The third-order valence-electron chi connectivity index (χ3n) is 8.61. The minimum absolute atomic E-state index is 0.105. The van der Waals surface area contributed by atoms with Gasteiger partial charge in [0.2, 0.25) is 5.95 Å². The Morgan fingerprint density at radius 2 is 1.80 bits per heavy atom. The predicted octanol–water partition coefficient (Wildman–Crippen LogP) is 4.32. The number of hydrogen-bond acceptors (Lipinski definition) is 7. The van der Waals surface area contributed by atoms with E-state index < -0.39 is 0 Å². The first-order chi connectivity index (χ1) is 19.5. The lowest BCUT2D eigenvalue weighted by atomic mass is 9.71. The number of hydrogen-bond donors (Lipinski definition) is 2. The Balaban J connectivity index is 1.10. The molecule has 1 aromatic carbocycles. The molecule has 40 heavy (non-hydrogen) atoms. The number of aromatic nitrogens is 3. The molecule has 10 nitrogen and oxygen atoms in total. The number of pyridine rings is 1. The van der Waals surface area contributed by atoms with Gasteiger partial charge in [-0.3, -0.25) is 4.79 Å². The van der Waals surface area contributed by atoms with Gasteiger partial charge in [0.15, 0.2) is 5.65 Å². The molecule has 10 heteroatoms. The van der Waals surface area contributed by atoms with E-state index in [2.05, 4.69) is 21.8 Å². The third-order valence-corrected chi connectivity index (χ3v) is 8.61. The van der Waals surface area contributed by atoms with Crippen LogP contribution in [0.4, 0.5) is 16.4 Å². The average Bonchev–Trinajstić information content (AvgIpc) is 3.41. The molecule has 2 amide bonds. The maximum Gasteiger partial charge on any atom is 0.410 e. The van der Waals surface area contributed by atoms with E-state index in [1.165, 1.54) is 12.8 Å². The quantitative estimate of drug-likeness (QED) is 0.494. The van der Waals surface area contributed by atoms with Crippen LogP contribution in [0, 0.1) is 5.41 Å². The molecular formula is C30H37N7O3. The number of nitrogens with one attached hydrogen (secondary N) is 2. The number of piperidine rings is 2. The SMILES string of the molecule is CCOC(=O)N1CC=C(c2cccn3nc(Nc4ccc(C(=O)N5CCC6(CCNCC6)CC5)cc4)nc23)CC1. The van der Waals surface area contributed by atoms with Gasteiger partial charge < -0.3 is 25.2 Å². The molecule has 3 aromatic rings. The van der Waals surface area contributed by atoms with E-state index in [-0.39, 0.29) is 12.0 Å². The average molecular weight is 544 g/mol. The topological polar surface area (TPSA) is 104 Å². The van der Waals surface area contributed by atoms with Gasteiger partial charge in [0, 0.05) is 49.2 Å². The second-order valence-electron chi connectivity index (χ2n) is 11.0. The zero-order chi connectivity index (χ0) is 27.5. The molecule has 0 saturated carbocycles. The Bertz CT molecular complexity index is 1400. The maximum absolute atomic E-state index is 13.2.